The largest absolute Gasteiger partial charge is 0.478 e. The molecule has 0 bridgehead atoms. The normalized spacial score (nSPS) is 21.8. The van der Waals surface area contributed by atoms with Crippen molar-refractivity contribution in [3.8, 4) is 0 Å². The molecule has 1 aromatic carbocycles. The number of carbonyl (C=O) groups is 2. The molecular weight excluding hydrogens is 286 g/mol. The molecule has 2 rings (SSSR count). The molecule has 1 saturated carbocycles. The maximum absolute atomic E-state index is 11.9. The Morgan fingerprint density at radius 2 is 2.00 bits per heavy atom. The third-order valence-electron chi connectivity index (χ3n) is 3.83. The molecule has 114 valence electrons. The number of amides is 1. The molecule has 1 aliphatic rings. The molecule has 0 atom stereocenters. The van der Waals surface area contributed by atoms with Gasteiger partial charge >= 0.3 is 5.97 Å². The second-order valence-corrected chi connectivity index (χ2v) is 6.69. The first-order valence-electron chi connectivity index (χ1n) is 7.30. The molecule has 0 aromatic heterocycles. The Kier molecular flexibility index (Phi) is 5.67. The van der Waals surface area contributed by atoms with Crippen LogP contribution in [-0.2, 0) is 4.79 Å². The summed E-state index contributed by atoms with van der Waals surface area (Å²) >= 11 is 1.37. The van der Waals surface area contributed by atoms with Gasteiger partial charge in [-0.25, -0.2) is 4.79 Å². The molecule has 0 aliphatic heterocycles. The molecule has 0 spiro atoms. The highest BCUT2D eigenvalue weighted by Gasteiger charge is 2.19. The first-order valence-corrected chi connectivity index (χ1v) is 8.28. The molecule has 0 radical (unpaired) electrons. The molecule has 0 saturated heterocycles. The second kappa shape index (κ2) is 7.50. The third-order valence-corrected chi connectivity index (χ3v) is 4.83. The fraction of sp³-hybridized carbons (Fsp3) is 0.500. The summed E-state index contributed by atoms with van der Waals surface area (Å²) in [6.07, 6.45) is 4.48. The van der Waals surface area contributed by atoms with Crippen LogP contribution in [0.4, 0.5) is 0 Å². The number of rotatable bonds is 5. The van der Waals surface area contributed by atoms with Crippen molar-refractivity contribution in [1.29, 1.82) is 0 Å². The van der Waals surface area contributed by atoms with Crippen LogP contribution in [0.5, 0.6) is 0 Å². The summed E-state index contributed by atoms with van der Waals surface area (Å²) in [5, 5.41) is 12.0. The van der Waals surface area contributed by atoms with E-state index in [0.717, 1.165) is 23.7 Å². The number of hydrogen-bond donors (Lipinski definition) is 2. The number of carboxylic acid groups (broad SMARTS) is 1. The summed E-state index contributed by atoms with van der Waals surface area (Å²) < 4.78 is 0. The smallest absolute Gasteiger partial charge is 0.335 e. The van der Waals surface area contributed by atoms with Gasteiger partial charge in [0.2, 0.25) is 5.91 Å². The Balaban J connectivity index is 1.78. The summed E-state index contributed by atoms with van der Waals surface area (Å²) in [6.45, 7) is 2.25. The molecule has 0 unspecified atom stereocenters. The zero-order valence-corrected chi connectivity index (χ0v) is 13.0. The topological polar surface area (TPSA) is 66.4 Å². The lowest BCUT2D eigenvalue weighted by atomic mass is 9.87. The fourth-order valence-corrected chi connectivity index (χ4v) is 3.31. The monoisotopic (exact) mass is 307 g/mol. The lowest BCUT2D eigenvalue weighted by molar-refractivity contribution is -0.119. The van der Waals surface area contributed by atoms with E-state index < -0.39 is 5.97 Å². The molecule has 1 amide bonds. The minimum absolute atomic E-state index is 0.0280. The molecule has 4 nitrogen and oxygen atoms in total. The van der Waals surface area contributed by atoms with Crippen molar-refractivity contribution in [1.82, 2.24) is 5.32 Å². The SMILES string of the molecule is CC1CCC(NC(=O)CSc2cccc(C(=O)O)c2)CC1. The van der Waals surface area contributed by atoms with Gasteiger partial charge in [0.05, 0.1) is 11.3 Å². The lowest BCUT2D eigenvalue weighted by Gasteiger charge is -2.26. The molecule has 1 fully saturated rings. The first kappa shape index (κ1) is 15.9. The van der Waals surface area contributed by atoms with Crippen molar-refractivity contribution >= 4 is 23.6 Å². The van der Waals surface area contributed by atoms with Crippen molar-refractivity contribution in [2.24, 2.45) is 5.92 Å². The summed E-state index contributed by atoms with van der Waals surface area (Å²) in [5.41, 5.74) is 0.252. The molecule has 1 aliphatic carbocycles. The maximum Gasteiger partial charge on any atom is 0.335 e. The maximum atomic E-state index is 11.9. The quantitative estimate of drug-likeness (QED) is 0.820. The van der Waals surface area contributed by atoms with Crippen LogP contribution >= 0.6 is 11.8 Å². The first-order chi connectivity index (χ1) is 10.0. The van der Waals surface area contributed by atoms with Crippen molar-refractivity contribution in [3.63, 3.8) is 0 Å². The van der Waals surface area contributed by atoms with E-state index in [1.165, 1.54) is 24.6 Å². The van der Waals surface area contributed by atoms with Gasteiger partial charge in [0.25, 0.3) is 0 Å². The van der Waals surface area contributed by atoms with E-state index in [1.54, 1.807) is 18.2 Å². The Morgan fingerprint density at radius 1 is 1.29 bits per heavy atom. The lowest BCUT2D eigenvalue weighted by Crippen LogP contribution is -2.38. The molecule has 5 heteroatoms. The van der Waals surface area contributed by atoms with Crippen molar-refractivity contribution in [2.45, 2.75) is 43.5 Å². The van der Waals surface area contributed by atoms with E-state index >= 15 is 0 Å². The standard InChI is InChI=1S/C16H21NO3S/c1-11-5-7-13(8-6-11)17-15(18)10-21-14-4-2-3-12(9-14)16(19)20/h2-4,9,11,13H,5-8,10H2,1H3,(H,17,18)(H,19,20). The van der Waals surface area contributed by atoms with Gasteiger partial charge in [-0.15, -0.1) is 11.8 Å². The summed E-state index contributed by atoms with van der Waals surface area (Å²) in [7, 11) is 0. The van der Waals surface area contributed by atoms with Crippen LogP contribution in [0.3, 0.4) is 0 Å². The zero-order valence-electron chi connectivity index (χ0n) is 12.2. The van der Waals surface area contributed by atoms with Gasteiger partial charge in [-0.3, -0.25) is 4.79 Å². The van der Waals surface area contributed by atoms with Gasteiger partial charge < -0.3 is 10.4 Å². The van der Waals surface area contributed by atoms with E-state index in [-0.39, 0.29) is 11.5 Å². The second-order valence-electron chi connectivity index (χ2n) is 5.65. The van der Waals surface area contributed by atoms with E-state index in [0.29, 0.717) is 11.8 Å². The van der Waals surface area contributed by atoms with Crippen LogP contribution in [0.25, 0.3) is 0 Å². The van der Waals surface area contributed by atoms with Crippen LogP contribution < -0.4 is 5.32 Å². The van der Waals surface area contributed by atoms with Crippen LogP contribution in [0.15, 0.2) is 29.2 Å². The van der Waals surface area contributed by atoms with E-state index in [4.69, 9.17) is 5.11 Å². The average Bonchev–Trinajstić information content (AvgIpc) is 2.48. The summed E-state index contributed by atoms with van der Waals surface area (Å²) in [6, 6.07) is 6.98. The summed E-state index contributed by atoms with van der Waals surface area (Å²) in [4.78, 5) is 23.6. The van der Waals surface area contributed by atoms with Gasteiger partial charge in [0, 0.05) is 10.9 Å². The van der Waals surface area contributed by atoms with Gasteiger partial charge in [-0.1, -0.05) is 13.0 Å². The summed E-state index contributed by atoms with van der Waals surface area (Å²) in [5.74, 6) is 0.180. The van der Waals surface area contributed by atoms with Crippen LogP contribution in [0.1, 0.15) is 43.0 Å². The fourth-order valence-electron chi connectivity index (χ4n) is 2.54. The molecule has 21 heavy (non-hydrogen) atoms. The number of hydrogen-bond acceptors (Lipinski definition) is 3. The number of benzene rings is 1. The highest BCUT2D eigenvalue weighted by molar-refractivity contribution is 8.00. The number of thioether (sulfide) groups is 1. The highest BCUT2D eigenvalue weighted by atomic mass is 32.2. The van der Waals surface area contributed by atoms with Gasteiger partial charge in [0.15, 0.2) is 0 Å². The molecular formula is C16H21NO3S. The highest BCUT2D eigenvalue weighted by Crippen LogP contribution is 2.24. The Morgan fingerprint density at radius 3 is 2.67 bits per heavy atom. The molecule has 0 heterocycles. The molecule has 1 aromatic rings. The van der Waals surface area contributed by atoms with Crippen LogP contribution in [-0.4, -0.2) is 28.8 Å². The third kappa shape index (κ3) is 5.08. The van der Waals surface area contributed by atoms with Crippen molar-refractivity contribution < 1.29 is 14.7 Å². The Bertz CT molecular complexity index is 510. The van der Waals surface area contributed by atoms with Gasteiger partial charge in [-0.05, 0) is 49.8 Å². The van der Waals surface area contributed by atoms with Gasteiger partial charge in [-0.2, -0.15) is 0 Å². The predicted molar refractivity (Wildman–Crippen MR) is 83.7 cm³/mol. The predicted octanol–water partition coefficient (Wildman–Crippen LogP) is 3.17. The van der Waals surface area contributed by atoms with Crippen LogP contribution in [0, 0.1) is 5.92 Å². The van der Waals surface area contributed by atoms with E-state index in [9.17, 15) is 9.59 Å². The average molecular weight is 307 g/mol. The Labute approximate surface area is 129 Å². The van der Waals surface area contributed by atoms with Crippen LogP contribution in [0.2, 0.25) is 0 Å². The van der Waals surface area contributed by atoms with Crippen molar-refractivity contribution in [2.75, 3.05) is 5.75 Å². The minimum atomic E-state index is -0.946. The number of carboxylic acids is 1. The van der Waals surface area contributed by atoms with E-state index in [1.807, 2.05) is 6.07 Å². The van der Waals surface area contributed by atoms with E-state index in [2.05, 4.69) is 12.2 Å². The molecule has 2 N–H and O–H groups in total. The number of aromatic carboxylic acids is 1. The van der Waals surface area contributed by atoms with Crippen molar-refractivity contribution in [3.05, 3.63) is 29.8 Å². The number of carbonyl (C=O) groups excluding carboxylic acids is 1. The number of nitrogens with one attached hydrogen (secondary N) is 1. The van der Waals surface area contributed by atoms with Gasteiger partial charge in [0.1, 0.15) is 0 Å². The zero-order chi connectivity index (χ0) is 15.2. The minimum Gasteiger partial charge on any atom is -0.478 e. The Hall–Kier alpha value is -1.49.